The SMILES string of the molecule is O=C(O)C1C2CCC(CC2)[C@@H]1CNc1cc(-c2ccccc2)nc(-c2c[nH]c3c(F)cc(F)cc23)n1. The maximum atomic E-state index is 14.3. The molecule has 1 unspecified atom stereocenters. The number of aromatic nitrogens is 3. The molecule has 4 aromatic rings. The molecule has 3 saturated carbocycles. The van der Waals surface area contributed by atoms with Gasteiger partial charge in [-0.15, -0.1) is 0 Å². The molecule has 7 rings (SSSR count). The molecule has 0 spiro atoms. The van der Waals surface area contributed by atoms with Crippen LogP contribution in [0.4, 0.5) is 14.6 Å². The van der Waals surface area contributed by atoms with Gasteiger partial charge in [-0.3, -0.25) is 4.79 Å². The highest BCUT2D eigenvalue weighted by Crippen LogP contribution is 2.49. The highest BCUT2D eigenvalue weighted by atomic mass is 19.1. The second-order valence-corrected chi connectivity index (χ2v) is 9.92. The topological polar surface area (TPSA) is 90.9 Å². The molecule has 3 aliphatic rings. The van der Waals surface area contributed by atoms with E-state index in [9.17, 15) is 18.7 Å². The smallest absolute Gasteiger partial charge is 0.307 e. The molecule has 2 aromatic carbocycles. The molecule has 184 valence electrons. The number of carboxylic acid groups (broad SMARTS) is 1. The molecule has 2 atom stereocenters. The van der Waals surface area contributed by atoms with Gasteiger partial charge in [0.05, 0.1) is 17.1 Å². The van der Waals surface area contributed by atoms with Crippen molar-refractivity contribution in [2.45, 2.75) is 25.7 Å². The van der Waals surface area contributed by atoms with Gasteiger partial charge >= 0.3 is 5.97 Å². The fraction of sp³-hybridized carbons (Fsp3) is 0.321. The van der Waals surface area contributed by atoms with Crippen LogP contribution in [0, 0.1) is 35.3 Å². The largest absolute Gasteiger partial charge is 0.481 e. The first kappa shape index (κ1) is 22.6. The van der Waals surface area contributed by atoms with E-state index in [2.05, 4.69) is 10.3 Å². The second kappa shape index (κ2) is 9.00. The lowest BCUT2D eigenvalue weighted by molar-refractivity contribution is -0.151. The number of aromatic amines is 1. The summed E-state index contributed by atoms with van der Waals surface area (Å²) in [4.78, 5) is 24.4. The van der Waals surface area contributed by atoms with Crippen LogP contribution < -0.4 is 5.32 Å². The molecule has 36 heavy (non-hydrogen) atoms. The van der Waals surface area contributed by atoms with Crippen LogP contribution in [-0.4, -0.2) is 32.6 Å². The monoisotopic (exact) mass is 488 g/mol. The van der Waals surface area contributed by atoms with E-state index in [4.69, 9.17) is 9.97 Å². The van der Waals surface area contributed by atoms with Crippen LogP contribution in [0.25, 0.3) is 33.5 Å². The van der Waals surface area contributed by atoms with Crippen molar-refractivity contribution in [1.82, 2.24) is 15.0 Å². The van der Waals surface area contributed by atoms with Crippen LogP contribution in [0.15, 0.2) is 54.7 Å². The zero-order valence-corrected chi connectivity index (χ0v) is 19.5. The van der Waals surface area contributed by atoms with Crippen LogP contribution >= 0.6 is 0 Å². The van der Waals surface area contributed by atoms with Crippen molar-refractivity contribution in [3.05, 3.63) is 66.4 Å². The molecule has 2 bridgehead atoms. The third-order valence-corrected chi connectivity index (χ3v) is 7.94. The fourth-order valence-corrected chi connectivity index (χ4v) is 6.23. The molecule has 3 N–H and O–H groups in total. The van der Waals surface area contributed by atoms with Gasteiger partial charge in [0.1, 0.15) is 17.5 Å². The third kappa shape index (κ3) is 4.00. The average molecular weight is 489 g/mol. The summed E-state index contributed by atoms with van der Waals surface area (Å²) >= 11 is 0. The van der Waals surface area contributed by atoms with E-state index in [1.54, 1.807) is 6.20 Å². The molecule has 0 amide bonds. The third-order valence-electron chi connectivity index (χ3n) is 7.94. The summed E-state index contributed by atoms with van der Waals surface area (Å²) in [5, 5.41) is 13.7. The summed E-state index contributed by atoms with van der Waals surface area (Å²) < 4.78 is 28.4. The quantitative estimate of drug-likeness (QED) is 0.304. The minimum Gasteiger partial charge on any atom is -0.481 e. The Morgan fingerprint density at radius 1 is 1.03 bits per heavy atom. The number of H-pyrrole nitrogens is 1. The van der Waals surface area contributed by atoms with Gasteiger partial charge in [0.2, 0.25) is 0 Å². The molecule has 2 heterocycles. The van der Waals surface area contributed by atoms with Crippen LogP contribution in [0.2, 0.25) is 0 Å². The van der Waals surface area contributed by atoms with E-state index >= 15 is 0 Å². The van der Waals surface area contributed by atoms with Crippen LogP contribution in [-0.2, 0) is 4.79 Å². The van der Waals surface area contributed by atoms with Gasteiger partial charge in [-0.1, -0.05) is 30.3 Å². The summed E-state index contributed by atoms with van der Waals surface area (Å²) in [6, 6.07) is 13.6. The molecule has 0 saturated heterocycles. The minimum atomic E-state index is -0.715. The molecule has 3 aliphatic carbocycles. The number of aliphatic carboxylic acids is 1. The van der Waals surface area contributed by atoms with E-state index in [0.29, 0.717) is 40.7 Å². The number of hydrogen-bond donors (Lipinski definition) is 3. The molecule has 2 aromatic heterocycles. The summed E-state index contributed by atoms with van der Waals surface area (Å²) in [6.07, 6.45) is 5.69. The van der Waals surface area contributed by atoms with Gasteiger partial charge in [0.15, 0.2) is 5.82 Å². The Bertz CT molecular complexity index is 1430. The number of halogens is 2. The van der Waals surface area contributed by atoms with Crippen molar-refractivity contribution < 1.29 is 18.7 Å². The van der Waals surface area contributed by atoms with E-state index < -0.39 is 17.6 Å². The molecule has 8 heteroatoms. The highest BCUT2D eigenvalue weighted by molar-refractivity contribution is 5.94. The predicted octanol–water partition coefficient (Wildman–Crippen LogP) is 6.12. The van der Waals surface area contributed by atoms with Crippen molar-refractivity contribution in [3.8, 4) is 22.6 Å². The van der Waals surface area contributed by atoms with Crippen molar-refractivity contribution in [2.75, 3.05) is 11.9 Å². The van der Waals surface area contributed by atoms with E-state index in [-0.39, 0.29) is 23.3 Å². The number of benzene rings is 2. The number of fused-ring (bicyclic) bond motifs is 4. The van der Waals surface area contributed by atoms with Crippen LogP contribution in [0.1, 0.15) is 25.7 Å². The van der Waals surface area contributed by atoms with Gasteiger partial charge < -0.3 is 15.4 Å². The van der Waals surface area contributed by atoms with Gasteiger partial charge in [0.25, 0.3) is 0 Å². The molecular formula is C28H26F2N4O2. The first-order chi connectivity index (χ1) is 17.5. The number of nitrogens with one attached hydrogen (secondary N) is 2. The number of hydrogen-bond acceptors (Lipinski definition) is 4. The van der Waals surface area contributed by atoms with Crippen molar-refractivity contribution in [3.63, 3.8) is 0 Å². The second-order valence-electron chi connectivity index (χ2n) is 9.92. The van der Waals surface area contributed by atoms with Gasteiger partial charge in [-0.2, -0.15) is 0 Å². The summed E-state index contributed by atoms with van der Waals surface area (Å²) in [6.45, 7) is 0.500. The molecule has 3 fully saturated rings. The van der Waals surface area contributed by atoms with E-state index in [1.807, 2.05) is 36.4 Å². The van der Waals surface area contributed by atoms with Gasteiger partial charge in [0, 0.05) is 41.4 Å². The Labute approximate surface area is 206 Å². The lowest BCUT2D eigenvalue weighted by Crippen LogP contribution is -2.46. The zero-order chi connectivity index (χ0) is 24.8. The minimum absolute atomic E-state index is 0.0323. The maximum absolute atomic E-state index is 14.3. The Kier molecular flexibility index (Phi) is 5.66. The summed E-state index contributed by atoms with van der Waals surface area (Å²) in [5.74, 6) is -0.886. The number of carbonyl (C=O) groups is 1. The number of rotatable bonds is 6. The Balaban J connectivity index is 1.39. The van der Waals surface area contributed by atoms with E-state index in [0.717, 1.165) is 37.3 Å². The van der Waals surface area contributed by atoms with Crippen molar-refractivity contribution >= 4 is 22.7 Å². The lowest BCUT2D eigenvalue weighted by Gasteiger charge is -2.46. The average Bonchev–Trinajstić information content (AvgIpc) is 3.32. The van der Waals surface area contributed by atoms with Crippen molar-refractivity contribution in [2.24, 2.45) is 23.7 Å². The standard InChI is InChI=1S/C28H26F2N4O2/c29-18-10-19-21(14-32-26(19)22(30)11-18)27-33-23(16-4-2-1-3-5-16)12-24(34-27)31-13-20-15-6-8-17(9-7-15)25(20)28(35)36/h1-5,10-12,14-15,17,20,25,32H,6-9,13H2,(H,35,36)(H,31,33,34)/t15?,17?,20-,25?/m0/s1. The van der Waals surface area contributed by atoms with Gasteiger partial charge in [-0.25, -0.2) is 18.7 Å². The molecule has 0 aliphatic heterocycles. The first-order valence-corrected chi connectivity index (χ1v) is 12.4. The fourth-order valence-electron chi connectivity index (χ4n) is 6.23. The highest BCUT2D eigenvalue weighted by Gasteiger charge is 2.46. The van der Waals surface area contributed by atoms with Gasteiger partial charge in [-0.05, 0) is 49.5 Å². The zero-order valence-electron chi connectivity index (χ0n) is 19.5. The number of carboxylic acids is 1. The van der Waals surface area contributed by atoms with Crippen molar-refractivity contribution in [1.29, 1.82) is 0 Å². The predicted molar refractivity (Wildman–Crippen MR) is 133 cm³/mol. The molecule has 0 radical (unpaired) electrons. The normalized spacial score (nSPS) is 23.2. The van der Waals surface area contributed by atoms with Crippen LogP contribution in [0.5, 0.6) is 0 Å². The van der Waals surface area contributed by atoms with E-state index in [1.165, 1.54) is 6.07 Å². The Hall–Kier alpha value is -3.81. The Morgan fingerprint density at radius 2 is 1.78 bits per heavy atom. The Morgan fingerprint density at radius 3 is 2.53 bits per heavy atom. The summed E-state index contributed by atoms with van der Waals surface area (Å²) in [7, 11) is 0. The van der Waals surface area contributed by atoms with Crippen LogP contribution in [0.3, 0.4) is 0 Å². The first-order valence-electron chi connectivity index (χ1n) is 12.4. The maximum Gasteiger partial charge on any atom is 0.307 e. The number of anilines is 1. The molecule has 6 nitrogen and oxygen atoms in total. The molecular weight excluding hydrogens is 462 g/mol. The number of nitrogens with zero attached hydrogens (tertiary/aromatic N) is 2. The lowest BCUT2D eigenvalue weighted by atomic mass is 9.58. The summed E-state index contributed by atoms with van der Waals surface area (Å²) in [5.41, 5.74) is 2.22.